The predicted molar refractivity (Wildman–Crippen MR) is 98.4 cm³/mol. The first kappa shape index (κ1) is 17.8. The van der Waals surface area contributed by atoms with E-state index in [1.807, 2.05) is 30.3 Å². The molecule has 0 aliphatic heterocycles. The van der Waals surface area contributed by atoms with Gasteiger partial charge in [0.25, 0.3) is 0 Å². The molecule has 5 heteroatoms. The van der Waals surface area contributed by atoms with Crippen molar-refractivity contribution in [2.75, 3.05) is 20.2 Å². The Morgan fingerprint density at radius 2 is 2.08 bits per heavy atom. The number of guanidine groups is 1. The highest BCUT2D eigenvalue weighted by Gasteiger charge is 1.99. The van der Waals surface area contributed by atoms with E-state index in [1.54, 1.807) is 13.3 Å². The van der Waals surface area contributed by atoms with E-state index >= 15 is 0 Å². The Balaban J connectivity index is 1.78. The van der Waals surface area contributed by atoms with Gasteiger partial charge in [0.2, 0.25) is 0 Å². The minimum absolute atomic E-state index is 0.575. The van der Waals surface area contributed by atoms with Crippen LogP contribution in [0.4, 0.5) is 0 Å². The molecule has 0 aliphatic rings. The Morgan fingerprint density at radius 1 is 1.17 bits per heavy atom. The molecular formula is C19H26N4O. The number of rotatable bonds is 8. The van der Waals surface area contributed by atoms with Crippen molar-refractivity contribution >= 4 is 5.96 Å². The molecule has 0 unspecified atom stereocenters. The molecule has 2 N–H and O–H groups in total. The van der Waals surface area contributed by atoms with Crippen LogP contribution in [0.25, 0.3) is 0 Å². The van der Waals surface area contributed by atoms with Gasteiger partial charge in [-0.1, -0.05) is 18.2 Å². The zero-order chi connectivity index (χ0) is 17.0. The lowest BCUT2D eigenvalue weighted by atomic mass is 10.1. The number of nitrogens with zero attached hydrogens (tertiary/aromatic N) is 2. The maximum absolute atomic E-state index is 5.25. The molecule has 0 saturated heterocycles. The second-order valence-electron chi connectivity index (χ2n) is 5.40. The summed E-state index contributed by atoms with van der Waals surface area (Å²) in [6.07, 6.45) is 3.82. The van der Waals surface area contributed by atoms with Gasteiger partial charge in [-0.15, -0.1) is 0 Å². The highest BCUT2D eigenvalue weighted by molar-refractivity contribution is 5.79. The van der Waals surface area contributed by atoms with Gasteiger partial charge in [-0.05, 0) is 49.6 Å². The molecule has 128 valence electrons. The number of aromatic nitrogens is 1. The third kappa shape index (κ3) is 6.28. The van der Waals surface area contributed by atoms with Gasteiger partial charge in [0.15, 0.2) is 5.96 Å². The minimum atomic E-state index is 0.575. The van der Waals surface area contributed by atoms with Crippen LogP contribution in [0.3, 0.4) is 0 Å². The Labute approximate surface area is 144 Å². The maximum atomic E-state index is 5.25. The smallest absolute Gasteiger partial charge is 0.191 e. The molecule has 2 rings (SSSR count). The van der Waals surface area contributed by atoms with Crippen molar-refractivity contribution in [1.82, 2.24) is 15.6 Å². The van der Waals surface area contributed by atoms with E-state index in [1.165, 1.54) is 5.56 Å². The fourth-order valence-electron chi connectivity index (χ4n) is 2.32. The summed E-state index contributed by atoms with van der Waals surface area (Å²) >= 11 is 0. The van der Waals surface area contributed by atoms with Crippen molar-refractivity contribution in [2.45, 2.75) is 26.3 Å². The molecule has 0 aliphatic carbocycles. The largest absolute Gasteiger partial charge is 0.497 e. The SMILES string of the molecule is CCNC(=NCc1ccccn1)NCCCc1cccc(OC)c1. The monoisotopic (exact) mass is 326 g/mol. The summed E-state index contributed by atoms with van der Waals surface area (Å²) in [6.45, 7) is 4.34. The van der Waals surface area contributed by atoms with Crippen LogP contribution in [0.2, 0.25) is 0 Å². The first-order valence-corrected chi connectivity index (χ1v) is 8.37. The molecule has 24 heavy (non-hydrogen) atoms. The summed E-state index contributed by atoms with van der Waals surface area (Å²) in [5.74, 6) is 1.74. The number of benzene rings is 1. The summed E-state index contributed by atoms with van der Waals surface area (Å²) in [5, 5.41) is 6.63. The highest BCUT2D eigenvalue weighted by atomic mass is 16.5. The molecule has 0 atom stereocenters. The molecule has 5 nitrogen and oxygen atoms in total. The molecule has 0 bridgehead atoms. The lowest BCUT2D eigenvalue weighted by Crippen LogP contribution is -2.37. The van der Waals surface area contributed by atoms with E-state index in [-0.39, 0.29) is 0 Å². The van der Waals surface area contributed by atoms with E-state index in [2.05, 4.69) is 39.7 Å². The number of pyridine rings is 1. The summed E-state index contributed by atoms with van der Waals surface area (Å²) in [6, 6.07) is 14.1. The second kappa shape index (κ2) is 10.3. The van der Waals surface area contributed by atoms with Crippen molar-refractivity contribution in [3.8, 4) is 5.75 Å². The van der Waals surface area contributed by atoms with Crippen LogP contribution in [0.1, 0.15) is 24.6 Å². The molecule has 0 radical (unpaired) electrons. The average molecular weight is 326 g/mol. The highest BCUT2D eigenvalue weighted by Crippen LogP contribution is 2.13. The number of hydrogen-bond donors (Lipinski definition) is 2. The molecule has 0 saturated carbocycles. The van der Waals surface area contributed by atoms with Gasteiger partial charge in [-0.3, -0.25) is 4.98 Å². The zero-order valence-electron chi connectivity index (χ0n) is 14.5. The quantitative estimate of drug-likeness (QED) is 0.445. The van der Waals surface area contributed by atoms with E-state index in [4.69, 9.17) is 4.74 Å². The van der Waals surface area contributed by atoms with Crippen molar-refractivity contribution in [2.24, 2.45) is 4.99 Å². The Hall–Kier alpha value is -2.56. The van der Waals surface area contributed by atoms with Crippen LogP contribution in [0, 0.1) is 0 Å². The van der Waals surface area contributed by atoms with Crippen LogP contribution in [0.15, 0.2) is 53.7 Å². The topological polar surface area (TPSA) is 58.5 Å². The van der Waals surface area contributed by atoms with Crippen molar-refractivity contribution < 1.29 is 4.74 Å². The van der Waals surface area contributed by atoms with Crippen LogP contribution in [-0.4, -0.2) is 31.1 Å². The van der Waals surface area contributed by atoms with Gasteiger partial charge in [0, 0.05) is 19.3 Å². The van der Waals surface area contributed by atoms with Gasteiger partial charge in [0.1, 0.15) is 5.75 Å². The number of aryl methyl sites for hydroxylation is 1. The second-order valence-corrected chi connectivity index (χ2v) is 5.40. The predicted octanol–water partition coefficient (Wildman–Crippen LogP) is 2.78. The summed E-state index contributed by atoms with van der Waals surface area (Å²) in [5.41, 5.74) is 2.25. The first-order chi connectivity index (χ1) is 11.8. The molecule has 1 aromatic carbocycles. The normalized spacial score (nSPS) is 11.2. The molecule has 1 aromatic heterocycles. The Bertz CT molecular complexity index is 628. The van der Waals surface area contributed by atoms with Crippen LogP contribution >= 0.6 is 0 Å². The lowest BCUT2D eigenvalue weighted by Gasteiger charge is -2.11. The number of nitrogens with one attached hydrogen (secondary N) is 2. The lowest BCUT2D eigenvalue weighted by molar-refractivity contribution is 0.414. The molecular weight excluding hydrogens is 300 g/mol. The zero-order valence-corrected chi connectivity index (χ0v) is 14.5. The number of aliphatic imine (C=N–C) groups is 1. The number of ether oxygens (including phenoxy) is 1. The molecule has 1 heterocycles. The molecule has 0 fully saturated rings. The third-order valence-electron chi connectivity index (χ3n) is 3.54. The summed E-state index contributed by atoms with van der Waals surface area (Å²) in [4.78, 5) is 8.86. The van der Waals surface area contributed by atoms with Crippen LogP contribution in [-0.2, 0) is 13.0 Å². The first-order valence-electron chi connectivity index (χ1n) is 8.37. The minimum Gasteiger partial charge on any atom is -0.497 e. The number of methoxy groups -OCH3 is 1. The van der Waals surface area contributed by atoms with Crippen molar-refractivity contribution in [1.29, 1.82) is 0 Å². The summed E-state index contributed by atoms with van der Waals surface area (Å²) < 4.78 is 5.25. The fraction of sp³-hybridized carbons (Fsp3) is 0.368. The third-order valence-corrected chi connectivity index (χ3v) is 3.54. The molecule has 2 aromatic rings. The summed E-state index contributed by atoms with van der Waals surface area (Å²) in [7, 11) is 1.70. The Morgan fingerprint density at radius 3 is 2.83 bits per heavy atom. The Kier molecular flexibility index (Phi) is 7.60. The number of hydrogen-bond acceptors (Lipinski definition) is 3. The van der Waals surface area contributed by atoms with E-state index in [0.29, 0.717) is 6.54 Å². The fourth-order valence-corrected chi connectivity index (χ4v) is 2.32. The van der Waals surface area contributed by atoms with E-state index in [9.17, 15) is 0 Å². The van der Waals surface area contributed by atoms with Gasteiger partial charge >= 0.3 is 0 Å². The van der Waals surface area contributed by atoms with Gasteiger partial charge < -0.3 is 15.4 Å². The average Bonchev–Trinajstić information content (AvgIpc) is 2.64. The van der Waals surface area contributed by atoms with Gasteiger partial charge in [-0.2, -0.15) is 0 Å². The van der Waals surface area contributed by atoms with Crippen molar-refractivity contribution in [3.05, 3.63) is 59.9 Å². The molecule has 0 amide bonds. The van der Waals surface area contributed by atoms with Crippen molar-refractivity contribution in [3.63, 3.8) is 0 Å². The molecule has 0 spiro atoms. The standard InChI is InChI=1S/C19H26N4O/c1-3-20-19(23-15-17-10-4-5-12-21-17)22-13-7-9-16-8-6-11-18(14-16)24-2/h4-6,8,10-12,14H,3,7,9,13,15H2,1-2H3,(H2,20,22,23). The maximum Gasteiger partial charge on any atom is 0.191 e. The van der Waals surface area contributed by atoms with Crippen LogP contribution < -0.4 is 15.4 Å². The van der Waals surface area contributed by atoms with E-state index < -0.39 is 0 Å². The van der Waals surface area contributed by atoms with Gasteiger partial charge in [0.05, 0.1) is 19.3 Å². The van der Waals surface area contributed by atoms with E-state index in [0.717, 1.165) is 43.3 Å². The van der Waals surface area contributed by atoms with Gasteiger partial charge in [-0.25, -0.2) is 4.99 Å². The van der Waals surface area contributed by atoms with Crippen LogP contribution in [0.5, 0.6) is 5.75 Å².